The number of benzene rings is 4. The van der Waals surface area contributed by atoms with Gasteiger partial charge in [0.15, 0.2) is 19.7 Å². The van der Waals surface area contributed by atoms with Crippen LogP contribution in [0.1, 0.15) is 57.1 Å². The van der Waals surface area contributed by atoms with Crippen molar-refractivity contribution in [2.75, 3.05) is 12.5 Å². The average molecular weight is 920 g/mol. The predicted octanol–water partition coefficient (Wildman–Crippen LogP) is 6.64. The Kier molecular flexibility index (Phi) is 15.0. The van der Waals surface area contributed by atoms with Crippen molar-refractivity contribution in [1.82, 2.24) is 19.6 Å². The maximum Gasteiger partial charge on any atom is 0.337 e. The van der Waals surface area contributed by atoms with Crippen LogP contribution in [0, 0.1) is 0 Å². The number of aromatic hydroxyl groups is 2. The van der Waals surface area contributed by atoms with Crippen molar-refractivity contribution in [3.05, 3.63) is 130 Å². The van der Waals surface area contributed by atoms with E-state index in [1.54, 1.807) is 36.4 Å². The number of halogens is 1. The van der Waals surface area contributed by atoms with Crippen LogP contribution in [0.15, 0.2) is 111 Å². The van der Waals surface area contributed by atoms with Crippen molar-refractivity contribution in [3.63, 3.8) is 0 Å². The van der Waals surface area contributed by atoms with Crippen molar-refractivity contribution in [3.8, 4) is 23.1 Å². The van der Waals surface area contributed by atoms with Crippen molar-refractivity contribution in [2.24, 2.45) is 9.98 Å². The molecule has 2 aromatic heterocycles. The number of carbonyl (C=O) groups is 2. The molecular weight excluding hydrogens is 883 g/mol. The molecule has 0 atom stereocenters. The van der Waals surface area contributed by atoms with E-state index in [1.807, 2.05) is 32.0 Å². The molecule has 0 amide bonds. The van der Waals surface area contributed by atoms with E-state index in [4.69, 9.17) is 11.6 Å². The van der Waals surface area contributed by atoms with Crippen molar-refractivity contribution < 1.29 is 63.6 Å². The molecule has 2 heterocycles. The summed E-state index contributed by atoms with van der Waals surface area (Å²) in [6, 6.07) is 23.2. The molecular formula is C40H37ClCoN6O10S2. The molecule has 0 fully saturated rings. The van der Waals surface area contributed by atoms with Gasteiger partial charge in [0.25, 0.3) is 0 Å². The maximum atomic E-state index is 11.7. The quantitative estimate of drug-likeness (QED) is 0.0945. The topological polar surface area (TPSA) is 244 Å². The second-order valence-corrected chi connectivity index (χ2v) is 17.2. The number of para-hydroxylation sites is 1. The molecule has 6 rings (SSSR count). The molecule has 6 aromatic rings. The van der Waals surface area contributed by atoms with Gasteiger partial charge >= 0.3 is 11.9 Å². The molecule has 0 saturated carbocycles. The van der Waals surface area contributed by atoms with E-state index in [0.717, 1.165) is 24.6 Å². The summed E-state index contributed by atoms with van der Waals surface area (Å²) in [5.41, 5.74) is 2.62. The largest absolute Gasteiger partial charge is 0.493 e. The summed E-state index contributed by atoms with van der Waals surface area (Å²) in [6.45, 7) is 3.73. The first-order valence-electron chi connectivity index (χ1n) is 17.5. The van der Waals surface area contributed by atoms with Gasteiger partial charge < -0.3 is 20.4 Å². The fourth-order valence-corrected chi connectivity index (χ4v) is 7.06. The van der Waals surface area contributed by atoms with Crippen LogP contribution in [0.4, 0.5) is 11.4 Å². The van der Waals surface area contributed by atoms with Crippen LogP contribution in [0.5, 0.6) is 11.8 Å². The van der Waals surface area contributed by atoms with Crippen LogP contribution in [0.25, 0.3) is 11.4 Å². The molecule has 0 bridgehead atoms. The van der Waals surface area contributed by atoms with Gasteiger partial charge in [-0.3, -0.25) is 9.98 Å². The van der Waals surface area contributed by atoms with Crippen LogP contribution in [-0.4, -0.2) is 93.7 Å². The van der Waals surface area contributed by atoms with Gasteiger partial charge in [-0.15, -0.1) is 0 Å². The first kappa shape index (κ1) is 46.6. The number of sulfone groups is 2. The standard InChI is InChI=1S/C20H18ClN3O5S.C20H19N3O5S.Co/c1-3-17-16(19(25)24(23-17)13-6-4-5-12(21)9-13)11-22-18-8-7-14(30(2,28)29)10-15(18)20(26)27;1-3-17-16(19(24)23(22-17)13-7-5-4-6-8-13)12-21-18-10-9-14(29(2,27)28)11-15(18)20(25)26;/h4-11,25H,3H2,1-2H3,(H,26,27);4-12,24H,3H2,1-2H3,(H,25,26);. The third-order valence-electron chi connectivity index (χ3n) is 8.59. The van der Waals surface area contributed by atoms with E-state index in [9.17, 15) is 46.9 Å². The second-order valence-electron chi connectivity index (χ2n) is 12.7. The molecule has 0 aliphatic carbocycles. The van der Waals surface area contributed by atoms with Gasteiger partial charge in [-0.1, -0.05) is 49.7 Å². The first-order valence-corrected chi connectivity index (χ1v) is 21.7. The molecule has 0 saturated heterocycles. The van der Waals surface area contributed by atoms with Crippen LogP contribution in [0.2, 0.25) is 5.02 Å². The average Bonchev–Trinajstić information content (AvgIpc) is 3.70. The zero-order valence-electron chi connectivity index (χ0n) is 32.2. The zero-order chi connectivity index (χ0) is 43.2. The summed E-state index contributed by atoms with van der Waals surface area (Å²) in [5.74, 6) is -2.92. The summed E-state index contributed by atoms with van der Waals surface area (Å²) in [7, 11) is -7.13. The second kappa shape index (κ2) is 19.3. The minimum absolute atomic E-state index is 0. The Hall–Kier alpha value is -6.12. The molecule has 60 heavy (non-hydrogen) atoms. The van der Waals surface area contributed by atoms with E-state index >= 15 is 0 Å². The minimum Gasteiger partial charge on any atom is -0.493 e. The van der Waals surface area contributed by atoms with Gasteiger partial charge in [0.05, 0.1) is 66.2 Å². The summed E-state index contributed by atoms with van der Waals surface area (Å²) in [5, 5.41) is 49.4. The van der Waals surface area contributed by atoms with E-state index in [-0.39, 0.29) is 60.8 Å². The summed E-state index contributed by atoms with van der Waals surface area (Å²) in [4.78, 5) is 31.3. The number of aromatic nitrogens is 4. The molecule has 315 valence electrons. The molecule has 16 nitrogen and oxygen atoms in total. The van der Waals surface area contributed by atoms with Crippen molar-refractivity contribution >= 4 is 67.0 Å². The Balaban J connectivity index is 0.000000260. The summed E-state index contributed by atoms with van der Waals surface area (Å²) < 4.78 is 49.5. The maximum absolute atomic E-state index is 11.7. The van der Waals surface area contributed by atoms with Gasteiger partial charge in [-0.25, -0.2) is 35.8 Å². The van der Waals surface area contributed by atoms with Gasteiger partial charge in [-0.2, -0.15) is 10.2 Å². The molecule has 0 unspecified atom stereocenters. The van der Waals surface area contributed by atoms with Crippen LogP contribution in [-0.2, 0) is 49.3 Å². The molecule has 20 heteroatoms. The number of carboxylic acids is 2. The number of aromatic carboxylic acids is 2. The van der Waals surface area contributed by atoms with Gasteiger partial charge in [-0.05, 0) is 79.6 Å². The van der Waals surface area contributed by atoms with E-state index in [1.165, 1.54) is 46.1 Å². The Bertz CT molecular complexity index is 2860. The smallest absolute Gasteiger partial charge is 0.337 e. The molecule has 0 aliphatic rings. The molecule has 0 spiro atoms. The van der Waals surface area contributed by atoms with E-state index in [2.05, 4.69) is 20.2 Å². The number of aryl methyl sites for hydroxylation is 2. The number of carboxylic acid groups (broad SMARTS) is 2. The Labute approximate surface area is 360 Å². The minimum atomic E-state index is -3.57. The fraction of sp³-hybridized carbons (Fsp3) is 0.150. The zero-order valence-corrected chi connectivity index (χ0v) is 35.6. The van der Waals surface area contributed by atoms with Crippen molar-refractivity contribution in [1.29, 1.82) is 0 Å². The third kappa shape index (κ3) is 10.7. The van der Waals surface area contributed by atoms with Crippen molar-refractivity contribution in [2.45, 2.75) is 36.5 Å². The Morgan fingerprint density at radius 1 is 0.650 bits per heavy atom. The van der Waals surface area contributed by atoms with Crippen LogP contribution >= 0.6 is 11.6 Å². The van der Waals surface area contributed by atoms with E-state index in [0.29, 0.717) is 51.8 Å². The SMILES string of the molecule is CCc1nn(-c2cccc(Cl)c2)c(O)c1C=Nc1ccc(S(C)(=O)=O)cc1C(=O)O.CCc1nn(-c2ccccc2)c(O)c1C=Nc1ccc(S(C)(=O)=O)cc1C(=O)O.[Co]. The van der Waals surface area contributed by atoms with Gasteiger partial charge in [0.2, 0.25) is 11.8 Å². The normalized spacial score (nSPS) is 11.6. The number of nitrogens with zero attached hydrogens (tertiary/aromatic N) is 6. The summed E-state index contributed by atoms with van der Waals surface area (Å²) in [6.07, 6.45) is 5.65. The number of hydrogen-bond donors (Lipinski definition) is 4. The number of hydrogen-bond acceptors (Lipinski definition) is 12. The Morgan fingerprint density at radius 3 is 1.45 bits per heavy atom. The fourth-order valence-electron chi connectivity index (χ4n) is 5.58. The monoisotopic (exact) mass is 919 g/mol. The van der Waals surface area contributed by atoms with E-state index < -0.39 is 31.6 Å². The molecule has 4 aromatic carbocycles. The van der Waals surface area contributed by atoms with Crippen LogP contribution in [0.3, 0.4) is 0 Å². The third-order valence-corrected chi connectivity index (χ3v) is 11.0. The molecule has 1 radical (unpaired) electrons. The summed E-state index contributed by atoms with van der Waals surface area (Å²) >= 11 is 6.01. The van der Waals surface area contributed by atoms with Gasteiger partial charge in [0, 0.05) is 46.7 Å². The Morgan fingerprint density at radius 2 is 1.07 bits per heavy atom. The van der Waals surface area contributed by atoms with Crippen LogP contribution < -0.4 is 0 Å². The number of rotatable bonds is 12. The predicted molar refractivity (Wildman–Crippen MR) is 222 cm³/mol. The molecule has 4 N–H and O–H groups in total. The van der Waals surface area contributed by atoms with Gasteiger partial charge in [0.1, 0.15) is 0 Å². The molecule has 0 aliphatic heterocycles. The first-order chi connectivity index (χ1) is 27.8. The number of aliphatic imine (C=N–C) groups is 2.